The first kappa shape index (κ1) is 15.9. The van der Waals surface area contributed by atoms with Crippen molar-refractivity contribution in [2.75, 3.05) is 19.6 Å². The zero-order valence-corrected chi connectivity index (χ0v) is 14.1. The van der Waals surface area contributed by atoms with Crippen LogP contribution in [0.3, 0.4) is 0 Å². The molecule has 114 valence electrons. The Morgan fingerprint density at radius 3 is 2.85 bits per heavy atom. The van der Waals surface area contributed by atoms with Crippen LogP contribution in [-0.2, 0) is 16.6 Å². The molecule has 2 heterocycles. The van der Waals surface area contributed by atoms with E-state index in [-0.39, 0.29) is 0 Å². The summed E-state index contributed by atoms with van der Waals surface area (Å²) in [5.74, 6) is 0.467. The molecule has 1 aromatic rings. The quantitative estimate of drug-likeness (QED) is 0.821. The lowest BCUT2D eigenvalue weighted by atomic mass is 10.2. The standard InChI is InChI=1S/C14H24N2O2S2/c1-4-6-15-9-13-8-14(12(3)19-13)20(17,18)16-7-5-11(2)10-16/h8,11,15H,4-7,9-10H2,1-3H3. The van der Waals surface area contributed by atoms with Crippen molar-refractivity contribution in [3.63, 3.8) is 0 Å². The Morgan fingerprint density at radius 1 is 1.50 bits per heavy atom. The Morgan fingerprint density at radius 2 is 2.25 bits per heavy atom. The van der Waals surface area contributed by atoms with Gasteiger partial charge in [0, 0.05) is 29.4 Å². The summed E-state index contributed by atoms with van der Waals surface area (Å²) >= 11 is 1.58. The zero-order chi connectivity index (χ0) is 14.8. The number of nitrogens with zero attached hydrogens (tertiary/aromatic N) is 1. The van der Waals surface area contributed by atoms with E-state index in [2.05, 4.69) is 19.2 Å². The number of hydrogen-bond donors (Lipinski definition) is 1. The fourth-order valence-corrected chi connectivity index (χ4v) is 5.66. The van der Waals surface area contributed by atoms with Gasteiger partial charge in [0.05, 0.1) is 4.90 Å². The minimum atomic E-state index is -3.30. The van der Waals surface area contributed by atoms with Crippen LogP contribution >= 0.6 is 11.3 Å². The molecule has 0 aliphatic carbocycles. The average molecular weight is 316 g/mol. The molecule has 1 atom stereocenters. The monoisotopic (exact) mass is 316 g/mol. The smallest absolute Gasteiger partial charge is 0.244 e. The first-order valence-electron chi connectivity index (χ1n) is 7.25. The summed E-state index contributed by atoms with van der Waals surface area (Å²) in [6, 6.07) is 1.85. The summed E-state index contributed by atoms with van der Waals surface area (Å²) in [6.45, 7) is 9.16. The summed E-state index contributed by atoms with van der Waals surface area (Å²) in [4.78, 5) is 2.50. The molecule has 2 rings (SSSR count). The fraction of sp³-hybridized carbons (Fsp3) is 0.714. The summed E-state index contributed by atoms with van der Waals surface area (Å²) in [7, 11) is -3.30. The summed E-state index contributed by atoms with van der Waals surface area (Å²) in [6.07, 6.45) is 2.05. The lowest BCUT2D eigenvalue weighted by molar-refractivity contribution is 0.464. The van der Waals surface area contributed by atoms with Gasteiger partial charge in [-0.3, -0.25) is 0 Å². The molecule has 0 aromatic carbocycles. The van der Waals surface area contributed by atoms with Crippen LogP contribution in [0.4, 0.5) is 0 Å². The minimum absolute atomic E-state index is 0.467. The average Bonchev–Trinajstić information content (AvgIpc) is 2.97. The molecule has 1 unspecified atom stereocenters. The van der Waals surface area contributed by atoms with Crippen molar-refractivity contribution in [2.24, 2.45) is 5.92 Å². The molecular formula is C14H24N2O2S2. The van der Waals surface area contributed by atoms with E-state index in [0.29, 0.717) is 23.9 Å². The second-order valence-electron chi connectivity index (χ2n) is 5.57. The third kappa shape index (κ3) is 3.42. The number of rotatable bonds is 6. The van der Waals surface area contributed by atoms with E-state index in [0.717, 1.165) is 35.7 Å². The van der Waals surface area contributed by atoms with Crippen molar-refractivity contribution in [1.29, 1.82) is 0 Å². The van der Waals surface area contributed by atoms with Gasteiger partial charge in [-0.05, 0) is 38.3 Å². The van der Waals surface area contributed by atoms with Gasteiger partial charge >= 0.3 is 0 Å². The van der Waals surface area contributed by atoms with Gasteiger partial charge in [0.1, 0.15) is 0 Å². The van der Waals surface area contributed by atoms with Gasteiger partial charge < -0.3 is 5.32 Å². The highest BCUT2D eigenvalue weighted by atomic mass is 32.2. The van der Waals surface area contributed by atoms with Gasteiger partial charge in [-0.2, -0.15) is 4.31 Å². The fourth-order valence-electron chi connectivity index (χ4n) is 2.51. The van der Waals surface area contributed by atoms with Crippen molar-refractivity contribution < 1.29 is 8.42 Å². The molecule has 4 nitrogen and oxygen atoms in total. The van der Waals surface area contributed by atoms with Gasteiger partial charge in [-0.15, -0.1) is 11.3 Å². The normalized spacial score (nSPS) is 20.6. The molecule has 1 aromatic heterocycles. The molecule has 0 amide bonds. The third-order valence-electron chi connectivity index (χ3n) is 3.65. The predicted molar refractivity (Wildman–Crippen MR) is 83.6 cm³/mol. The Hall–Kier alpha value is -0.430. The molecule has 6 heteroatoms. The number of nitrogens with one attached hydrogen (secondary N) is 1. The Kier molecular flexibility index (Phi) is 5.23. The molecule has 1 aliphatic rings. The van der Waals surface area contributed by atoms with E-state index in [9.17, 15) is 8.42 Å². The van der Waals surface area contributed by atoms with Crippen LogP contribution in [0.2, 0.25) is 0 Å². The lowest BCUT2D eigenvalue weighted by Gasteiger charge is -2.15. The second-order valence-corrected chi connectivity index (χ2v) is 8.81. The van der Waals surface area contributed by atoms with Crippen molar-refractivity contribution in [3.05, 3.63) is 15.8 Å². The lowest BCUT2D eigenvalue weighted by Crippen LogP contribution is -2.28. The Labute approximate surface area is 126 Å². The Bertz CT molecular complexity index is 552. The van der Waals surface area contributed by atoms with Crippen LogP contribution in [0, 0.1) is 12.8 Å². The van der Waals surface area contributed by atoms with Crippen LogP contribution in [0.5, 0.6) is 0 Å². The number of thiophene rings is 1. The van der Waals surface area contributed by atoms with Gasteiger partial charge in [0.15, 0.2) is 0 Å². The van der Waals surface area contributed by atoms with Crippen molar-refractivity contribution in [3.8, 4) is 0 Å². The number of sulfonamides is 1. The predicted octanol–water partition coefficient (Wildman–Crippen LogP) is 2.59. The molecule has 1 aliphatic heterocycles. The number of aryl methyl sites for hydroxylation is 1. The van der Waals surface area contributed by atoms with Gasteiger partial charge in [0.25, 0.3) is 0 Å². The van der Waals surface area contributed by atoms with Crippen LogP contribution in [-0.4, -0.2) is 32.4 Å². The number of hydrogen-bond acceptors (Lipinski definition) is 4. The van der Waals surface area contributed by atoms with E-state index in [1.54, 1.807) is 15.6 Å². The van der Waals surface area contributed by atoms with Crippen LogP contribution in [0.15, 0.2) is 11.0 Å². The molecular weight excluding hydrogens is 292 g/mol. The molecule has 1 N–H and O–H groups in total. The van der Waals surface area contributed by atoms with E-state index < -0.39 is 10.0 Å². The van der Waals surface area contributed by atoms with Crippen LogP contribution in [0.25, 0.3) is 0 Å². The van der Waals surface area contributed by atoms with E-state index in [1.807, 2.05) is 13.0 Å². The second kappa shape index (κ2) is 6.56. The molecule has 0 spiro atoms. The third-order valence-corrected chi connectivity index (χ3v) is 6.82. The highest BCUT2D eigenvalue weighted by molar-refractivity contribution is 7.89. The van der Waals surface area contributed by atoms with Gasteiger partial charge in [-0.25, -0.2) is 8.42 Å². The highest BCUT2D eigenvalue weighted by Gasteiger charge is 2.32. The Balaban J connectivity index is 2.15. The molecule has 20 heavy (non-hydrogen) atoms. The van der Waals surface area contributed by atoms with E-state index in [4.69, 9.17) is 0 Å². The first-order chi connectivity index (χ1) is 9.45. The summed E-state index contributed by atoms with van der Waals surface area (Å²) < 4.78 is 26.9. The SMILES string of the molecule is CCCNCc1cc(S(=O)(=O)N2CCC(C)C2)c(C)s1. The molecule has 1 fully saturated rings. The van der Waals surface area contributed by atoms with Crippen LogP contribution < -0.4 is 5.32 Å². The van der Waals surface area contributed by atoms with Gasteiger partial charge in [0.2, 0.25) is 10.0 Å². The van der Waals surface area contributed by atoms with E-state index >= 15 is 0 Å². The molecule has 1 saturated heterocycles. The molecule has 0 bridgehead atoms. The van der Waals surface area contributed by atoms with Crippen LogP contribution in [0.1, 0.15) is 36.4 Å². The maximum Gasteiger partial charge on any atom is 0.244 e. The zero-order valence-electron chi connectivity index (χ0n) is 12.5. The first-order valence-corrected chi connectivity index (χ1v) is 9.51. The summed E-state index contributed by atoms with van der Waals surface area (Å²) in [5, 5.41) is 3.32. The topological polar surface area (TPSA) is 49.4 Å². The molecule has 0 saturated carbocycles. The van der Waals surface area contributed by atoms with Crippen molar-refractivity contribution >= 4 is 21.4 Å². The summed E-state index contributed by atoms with van der Waals surface area (Å²) in [5.41, 5.74) is 0. The molecule has 0 radical (unpaired) electrons. The van der Waals surface area contributed by atoms with Gasteiger partial charge in [-0.1, -0.05) is 13.8 Å². The minimum Gasteiger partial charge on any atom is -0.312 e. The maximum atomic E-state index is 12.7. The van der Waals surface area contributed by atoms with E-state index in [1.165, 1.54) is 0 Å². The van der Waals surface area contributed by atoms with Crippen molar-refractivity contribution in [2.45, 2.75) is 45.1 Å². The largest absolute Gasteiger partial charge is 0.312 e. The highest BCUT2D eigenvalue weighted by Crippen LogP contribution is 2.30. The maximum absolute atomic E-state index is 12.7. The van der Waals surface area contributed by atoms with Crippen molar-refractivity contribution in [1.82, 2.24) is 9.62 Å².